The van der Waals surface area contributed by atoms with Crippen molar-refractivity contribution in [2.45, 2.75) is 96.9 Å². The van der Waals surface area contributed by atoms with Crippen molar-refractivity contribution in [1.82, 2.24) is 0 Å². The highest BCUT2D eigenvalue weighted by atomic mass is 16.4. The van der Waals surface area contributed by atoms with Crippen LogP contribution in [-0.4, -0.2) is 44.7 Å². The fourth-order valence-electron chi connectivity index (χ4n) is 8.78. The number of rotatable bonds is 4. The van der Waals surface area contributed by atoms with E-state index in [1.807, 2.05) is 0 Å². The molecule has 0 spiro atoms. The summed E-state index contributed by atoms with van der Waals surface area (Å²) in [4.78, 5) is 11.1. The van der Waals surface area contributed by atoms with Gasteiger partial charge in [-0.2, -0.15) is 0 Å². The lowest BCUT2D eigenvalue weighted by Crippen LogP contribution is -2.62. The van der Waals surface area contributed by atoms with Gasteiger partial charge in [0.25, 0.3) is 0 Å². The number of carbonyl (C=O) groups is 1. The summed E-state index contributed by atoms with van der Waals surface area (Å²) in [5.74, 6) is 1.55. The van der Waals surface area contributed by atoms with Crippen LogP contribution in [0.2, 0.25) is 0 Å². The summed E-state index contributed by atoms with van der Waals surface area (Å²) in [6, 6.07) is 0. The standard InChI is InChI=1S/C24H40O5/c1-13(4-9-22(28)29)17-7-8-18-16-6-5-14-10-15(25)11-20(26)23(14,2)19(16)12-21(27)24(17,18)3/h13-21,25-27H,4-12H2,1-3H3,(H,28,29)/t13-,14?,15+,16?,17-,18?,19?,20-,21+,23+,24-/m1/s1. The minimum Gasteiger partial charge on any atom is -0.481 e. The highest BCUT2D eigenvalue weighted by Crippen LogP contribution is 2.68. The minimum atomic E-state index is -0.736. The topological polar surface area (TPSA) is 98.0 Å². The zero-order chi connectivity index (χ0) is 21.1. The summed E-state index contributed by atoms with van der Waals surface area (Å²) in [6.07, 6.45) is 5.95. The van der Waals surface area contributed by atoms with Gasteiger partial charge in [0, 0.05) is 6.42 Å². The molecule has 0 aromatic rings. The van der Waals surface area contributed by atoms with Crippen molar-refractivity contribution in [2.75, 3.05) is 0 Å². The van der Waals surface area contributed by atoms with E-state index in [1.165, 1.54) is 0 Å². The molecule has 4 aliphatic carbocycles. The Morgan fingerprint density at radius 2 is 1.62 bits per heavy atom. The Morgan fingerprint density at radius 3 is 2.31 bits per heavy atom. The summed E-state index contributed by atoms with van der Waals surface area (Å²) in [7, 11) is 0. The zero-order valence-corrected chi connectivity index (χ0v) is 18.3. The molecule has 0 aliphatic heterocycles. The Bertz CT molecular complexity index is 637. The molecule has 0 aromatic heterocycles. The number of hydrogen-bond acceptors (Lipinski definition) is 4. The van der Waals surface area contributed by atoms with Gasteiger partial charge < -0.3 is 20.4 Å². The number of carboxylic acids is 1. The van der Waals surface area contributed by atoms with Crippen molar-refractivity contribution >= 4 is 5.97 Å². The van der Waals surface area contributed by atoms with Crippen molar-refractivity contribution in [1.29, 1.82) is 0 Å². The van der Waals surface area contributed by atoms with E-state index in [1.54, 1.807) is 0 Å². The smallest absolute Gasteiger partial charge is 0.303 e. The Balaban J connectivity index is 1.59. The van der Waals surface area contributed by atoms with Crippen LogP contribution in [0.5, 0.6) is 0 Å². The average Bonchev–Trinajstić information content (AvgIpc) is 3.01. The van der Waals surface area contributed by atoms with Gasteiger partial charge in [0.15, 0.2) is 0 Å². The summed E-state index contributed by atoms with van der Waals surface area (Å²) >= 11 is 0. The summed E-state index contributed by atoms with van der Waals surface area (Å²) in [6.45, 7) is 6.66. The van der Waals surface area contributed by atoms with Gasteiger partial charge in [-0.05, 0) is 97.7 Å². The van der Waals surface area contributed by atoms with E-state index in [4.69, 9.17) is 5.11 Å². The van der Waals surface area contributed by atoms with E-state index >= 15 is 0 Å². The number of aliphatic hydroxyl groups excluding tert-OH is 3. The Hall–Kier alpha value is -0.650. The molecule has 4 unspecified atom stereocenters. The Labute approximate surface area is 174 Å². The van der Waals surface area contributed by atoms with Gasteiger partial charge in [-0.15, -0.1) is 0 Å². The van der Waals surface area contributed by atoms with Crippen LogP contribution in [0.3, 0.4) is 0 Å². The Kier molecular flexibility index (Phi) is 5.57. The molecule has 4 saturated carbocycles. The number of carboxylic acid groups (broad SMARTS) is 1. The molecule has 166 valence electrons. The van der Waals surface area contributed by atoms with Crippen molar-refractivity contribution in [2.24, 2.45) is 46.3 Å². The average molecular weight is 409 g/mol. The molecule has 4 N–H and O–H groups in total. The predicted molar refractivity (Wildman–Crippen MR) is 110 cm³/mol. The van der Waals surface area contributed by atoms with Crippen LogP contribution in [0.25, 0.3) is 0 Å². The lowest BCUT2D eigenvalue weighted by molar-refractivity contribution is -0.207. The molecule has 0 aromatic carbocycles. The molecule has 4 rings (SSSR count). The third-order valence-electron chi connectivity index (χ3n) is 10.4. The lowest BCUT2D eigenvalue weighted by Gasteiger charge is -2.63. The third-order valence-corrected chi connectivity index (χ3v) is 10.4. The van der Waals surface area contributed by atoms with Crippen LogP contribution in [-0.2, 0) is 4.79 Å². The molecule has 5 heteroatoms. The molecular weight excluding hydrogens is 368 g/mol. The van der Waals surface area contributed by atoms with Crippen LogP contribution in [0.4, 0.5) is 0 Å². The van der Waals surface area contributed by atoms with Gasteiger partial charge in [0.1, 0.15) is 0 Å². The molecular formula is C24H40O5. The predicted octanol–water partition coefficient (Wildman–Crippen LogP) is 3.45. The van der Waals surface area contributed by atoms with Crippen molar-refractivity contribution < 1.29 is 25.2 Å². The highest BCUT2D eigenvalue weighted by molar-refractivity contribution is 5.66. The maximum Gasteiger partial charge on any atom is 0.303 e. The van der Waals surface area contributed by atoms with Crippen molar-refractivity contribution in [3.63, 3.8) is 0 Å². The second kappa shape index (κ2) is 7.49. The molecule has 0 heterocycles. The molecule has 4 aliphatic rings. The molecule has 4 fully saturated rings. The highest BCUT2D eigenvalue weighted by Gasteiger charge is 2.65. The van der Waals surface area contributed by atoms with Crippen LogP contribution in [0, 0.1) is 46.3 Å². The first-order chi connectivity index (χ1) is 13.6. The van der Waals surface area contributed by atoms with E-state index in [-0.39, 0.29) is 17.3 Å². The third kappa shape index (κ3) is 3.18. The number of hydrogen-bond donors (Lipinski definition) is 4. The second-order valence-corrected chi connectivity index (χ2v) is 11.4. The lowest BCUT2D eigenvalue weighted by atomic mass is 9.43. The molecule has 11 atom stereocenters. The van der Waals surface area contributed by atoms with E-state index in [0.717, 1.165) is 38.5 Å². The number of fused-ring (bicyclic) bond motifs is 5. The van der Waals surface area contributed by atoms with Crippen LogP contribution >= 0.6 is 0 Å². The fourth-order valence-corrected chi connectivity index (χ4v) is 8.78. The van der Waals surface area contributed by atoms with Gasteiger partial charge in [0.2, 0.25) is 0 Å². The minimum absolute atomic E-state index is 0.151. The van der Waals surface area contributed by atoms with Crippen molar-refractivity contribution in [3.05, 3.63) is 0 Å². The Morgan fingerprint density at radius 1 is 0.931 bits per heavy atom. The summed E-state index contributed by atoms with van der Waals surface area (Å²) in [5.41, 5.74) is -0.362. The van der Waals surface area contributed by atoms with Gasteiger partial charge in [-0.1, -0.05) is 20.8 Å². The van der Waals surface area contributed by atoms with E-state index < -0.39 is 24.3 Å². The molecule has 0 bridgehead atoms. The SMILES string of the molecule is C[C@H](CCC(=O)O)[C@H]1CCC2C3CCC4C[C@H](O)C[C@@H](O)[C@]4(C)C3C[C@H](O)[C@@]21C. The van der Waals surface area contributed by atoms with Crippen LogP contribution < -0.4 is 0 Å². The van der Waals surface area contributed by atoms with Gasteiger partial charge >= 0.3 is 5.97 Å². The molecule has 29 heavy (non-hydrogen) atoms. The molecule has 0 amide bonds. The summed E-state index contributed by atoms with van der Waals surface area (Å²) in [5, 5.41) is 41.8. The second-order valence-electron chi connectivity index (χ2n) is 11.4. The van der Waals surface area contributed by atoms with Gasteiger partial charge in [-0.3, -0.25) is 4.79 Å². The van der Waals surface area contributed by atoms with Crippen LogP contribution in [0.15, 0.2) is 0 Å². The van der Waals surface area contributed by atoms with E-state index in [2.05, 4.69) is 20.8 Å². The molecule has 0 radical (unpaired) electrons. The monoisotopic (exact) mass is 408 g/mol. The van der Waals surface area contributed by atoms with Gasteiger partial charge in [0.05, 0.1) is 18.3 Å². The number of aliphatic carboxylic acids is 1. The largest absolute Gasteiger partial charge is 0.481 e. The maximum atomic E-state index is 11.5. The van der Waals surface area contributed by atoms with E-state index in [0.29, 0.717) is 48.3 Å². The summed E-state index contributed by atoms with van der Waals surface area (Å²) < 4.78 is 0. The first-order valence-electron chi connectivity index (χ1n) is 11.9. The molecule has 0 saturated heterocycles. The van der Waals surface area contributed by atoms with Gasteiger partial charge in [-0.25, -0.2) is 0 Å². The van der Waals surface area contributed by atoms with Crippen LogP contribution in [0.1, 0.15) is 78.6 Å². The normalized spacial score (nSPS) is 52.9. The fraction of sp³-hybridized carbons (Fsp3) is 0.958. The van der Waals surface area contributed by atoms with E-state index in [9.17, 15) is 20.1 Å². The van der Waals surface area contributed by atoms with Crippen molar-refractivity contribution in [3.8, 4) is 0 Å². The molecule has 5 nitrogen and oxygen atoms in total. The first kappa shape index (κ1) is 21.6. The maximum absolute atomic E-state index is 11.5. The zero-order valence-electron chi connectivity index (χ0n) is 18.3. The quantitative estimate of drug-likeness (QED) is 0.571. The first-order valence-corrected chi connectivity index (χ1v) is 11.9. The number of aliphatic hydroxyl groups is 3.